The maximum atomic E-state index is 12.9. The Hall–Kier alpha value is -1.76. The Kier molecular flexibility index (Phi) is 3.76. The summed E-state index contributed by atoms with van der Waals surface area (Å²) in [5.41, 5.74) is 1.04. The van der Waals surface area contributed by atoms with Crippen molar-refractivity contribution in [1.82, 2.24) is 8.96 Å². The molecule has 0 bridgehead atoms. The minimum Gasteiger partial charge on any atom is -0.494 e. The number of halogens is 2. The highest BCUT2D eigenvalue weighted by Gasteiger charge is 2.26. The second kappa shape index (κ2) is 5.46. The number of rotatable bonds is 3. The number of hydrogen-bond acceptors (Lipinski definition) is 4. The van der Waals surface area contributed by atoms with Crippen molar-refractivity contribution in [2.75, 3.05) is 7.11 Å². The van der Waals surface area contributed by atoms with E-state index in [0.717, 1.165) is 3.97 Å². The van der Waals surface area contributed by atoms with Crippen molar-refractivity contribution >= 4 is 44.3 Å². The molecule has 0 N–H and O–H groups in total. The molecule has 0 aliphatic carbocycles. The molecule has 0 radical (unpaired) electrons. The SMILES string of the molecule is COc1c(S(=O)(=O)n2cnc3ccccc32)ccc(Cl)c1Cl. The molecule has 22 heavy (non-hydrogen) atoms. The van der Waals surface area contributed by atoms with Crippen LogP contribution in [0.1, 0.15) is 0 Å². The van der Waals surface area contributed by atoms with Crippen LogP contribution in [0.25, 0.3) is 11.0 Å². The van der Waals surface area contributed by atoms with Gasteiger partial charge in [0.05, 0.1) is 23.2 Å². The molecule has 0 atom stereocenters. The van der Waals surface area contributed by atoms with E-state index < -0.39 is 10.0 Å². The second-order valence-electron chi connectivity index (χ2n) is 4.43. The number of methoxy groups -OCH3 is 1. The van der Waals surface area contributed by atoms with Gasteiger partial charge in [-0.1, -0.05) is 35.3 Å². The van der Waals surface area contributed by atoms with Gasteiger partial charge in [0.1, 0.15) is 16.2 Å². The minimum absolute atomic E-state index is 0.00643. The van der Waals surface area contributed by atoms with Crippen LogP contribution in [0.2, 0.25) is 10.0 Å². The van der Waals surface area contributed by atoms with Gasteiger partial charge in [0, 0.05) is 0 Å². The quantitative estimate of drug-likeness (QED) is 0.719. The molecule has 0 aliphatic rings. The summed E-state index contributed by atoms with van der Waals surface area (Å²) in [6, 6.07) is 9.70. The van der Waals surface area contributed by atoms with Gasteiger partial charge in [-0.25, -0.2) is 17.4 Å². The van der Waals surface area contributed by atoms with Crippen molar-refractivity contribution in [1.29, 1.82) is 0 Å². The van der Waals surface area contributed by atoms with E-state index in [-0.39, 0.29) is 20.7 Å². The van der Waals surface area contributed by atoms with Crippen LogP contribution >= 0.6 is 23.2 Å². The van der Waals surface area contributed by atoms with Gasteiger partial charge in [-0.3, -0.25) is 0 Å². The summed E-state index contributed by atoms with van der Waals surface area (Å²) in [6.07, 6.45) is 1.25. The normalized spacial score (nSPS) is 11.8. The van der Waals surface area contributed by atoms with Gasteiger partial charge in [-0.05, 0) is 24.3 Å². The highest BCUT2D eigenvalue weighted by atomic mass is 35.5. The van der Waals surface area contributed by atoms with Crippen LogP contribution in [0.5, 0.6) is 5.75 Å². The Labute approximate surface area is 137 Å². The molecule has 0 saturated heterocycles. The molecule has 3 aromatic rings. The summed E-state index contributed by atoms with van der Waals surface area (Å²) in [5.74, 6) is 0.00643. The van der Waals surface area contributed by atoms with Crippen molar-refractivity contribution in [3.63, 3.8) is 0 Å². The zero-order chi connectivity index (χ0) is 15.9. The number of fused-ring (bicyclic) bond motifs is 1. The summed E-state index contributed by atoms with van der Waals surface area (Å²) in [5, 5.41) is 0.266. The fourth-order valence-corrected chi connectivity index (χ4v) is 4.04. The first kappa shape index (κ1) is 15.1. The van der Waals surface area contributed by atoms with Crippen LogP contribution in [0.3, 0.4) is 0 Å². The minimum atomic E-state index is -3.92. The number of aromatic nitrogens is 2. The van der Waals surface area contributed by atoms with E-state index in [0.29, 0.717) is 11.0 Å². The van der Waals surface area contributed by atoms with Gasteiger partial charge in [-0.15, -0.1) is 0 Å². The van der Waals surface area contributed by atoms with Crippen molar-refractivity contribution in [2.45, 2.75) is 4.90 Å². The molecular weight excluding hydrogens is 347 g/mol. The van der Waals surface area contributed by atoms with Crippen LogP contribution in [0.4, 0.5) is 0 Å². The molecule has 0 saturated carbocycles. The summed E-state index contributed by atoms with van der Waals surface area (Å²) >= 11 is 11.9. The summed E-state index contributed by atoms with van der Waals surface area (Å²) in [7, 11) is -2.58. The van der Waals surface area contributed by atoms with Gasteiger partial charge < -0.3 is 4.74 Å². The first-order valence-corrected chi connectivity index (χ1v) is 8.36. The van der Waals surface area contributed by atoms with E-state index in [4.69, 9.17) is 27.9 Å². The van der Waals surface area contributed by atoms with E-state index in [1.165, 1.54) is 25.6 Å². The molecule has 0 spiro atoms. The fourth-order valence-electron chi connectivity index (χ4n) is 2.14. The van der Waals surface area contributed by atoms with Crippen LogP contribution in [-0.4, -0.2) is 24.5 Å². The van der Waals surface area contributed by atoms with E-state index in [1.807, 2.05) is 0 Å². The maximum Gasteiger partial charge on any atom is 0.273 e. The summed E-state index contributed by atoms with van der Waals surface area (Å²) < 4.78 is 32.0. The Morgan fingerprint density at radius 2 is 1.86 bits per heavy atom. The Balaban J connectivity index is 2.30. The van der Waals surface area contributed by atoms with Crippen LogP contribution < -0.4 is 4.74 Å². The lowest BCUT2D eigenvalue weighted by Gasteiger charge is -2.13. The van der Waals surface area contributed by atoms with Crippen molar-refractivity contribution in [2.24, 2.45) is 0 Å². The predicted molar refractivity (Wildman–Crippen MR) is 85.3 cm³/mol. The summed E-state index contributed by atoms with van der Waals surface area (Å²) in [4.78, 5) is 4.01. The fraction of sp³-hybridized carbons (Fsp3) is 0.0714. The average molecular weight is 357 g/mol. The smallest absolute Gasteiger partial charge is 0.273 e. The van der Waals surface area contributed by atoms with Gasteiger partial charge in [0.25, 0.3) is 10.0 Å². The Morgan fingerprint density at radius 1 is 1.14 bits per heavy atom. The highest BCUT2D eigenvalue weighted by Crippen LogP contribution is 2.38. The van der Waals surface area contributed by atoms with Gasteiger partial charge in [0.2, 0.25) is 0 Å². The molecule has 0 fully saturated rings. The van der Waals surface area contributed by atoms with Gasteiger partial charge >= 0.3 is 0 Å². The van der Waals surface area contributed by atoms with Crippen molar-refractivity contribution in [3.05, 3.63) is 52.8 Å². The monoisotopic (exact) mass is 356 g/mol. The second-order valence-corrected chi connectivity index (χ2v) is 7.00. The third kappa shape index (κ3) is 2.24. The first-order valence-electron chi connectivity index (χ1n) is 6.16. The average Bonchev–Trinajstić information content (AvgIpc) is 2.94. The number of imidazole rings is 1. The third-order valence-electron chi connectivity index (χ3n) is 3.18. The van der Waals surface area contributed by atoms with Crippen LogP contribution in [-0.2, 0) is 10.0 Å². The highest BCUT2D eigenvalue weighted by molar-refractivity contribution is 7.90. The third-order valence-corrected chi connectivity index (χ3v) is 5.65. The molecule has 1 aromatic heterocycles. The molecule has 2 aromatic carbocycles. The van der Waals surface area contributed by atoms with E-state index in [9.17, 15) is 8.42 Å². The lowest BCUT2D eigenvalue weighted by molar-refractivity contribution is 0.403. The molecule has 5 nitrogen and oxygen atoms in total. The molecule has 1 heterocycles. The molecule has 0 aliphatic heterocycles. The standard InChI is InChI=1S/C14H10Cl2N2O3S/c1-21-14-12(7-6-9(15)13(14)16)22(19,20)18-8-17-10-4-2-3-5-11(10)18/h2-8H,1H3. The number of nitrogens with zero attached hydrogens (tertiary/aromatic N) is 2. The van der Waals surface area contributed by atoms with E-state index in [2.05, 4.69) is 4.98 Å². The first-order chi connectivity index (χ1) is 10.5. The molecule has 0 unspecified atom stereocenters. The Bertz CT molecular complexity index is 967. The summed E-state index contributed by atoms with van der Waals surface area (Å²) in [6.45, 7) is 0. The molecule has 3 rings (SSSR count). The predicted octanol–water partition coefficient (Wildman–Crippen LogP) is 3.59. The van der Waals surface area contributed by atoms with Crippen molar-refractivity contribution in [3.8, 4) is 5.75 Å². The van der Waals surface area contributed by atoms with Crippen molar-refractivity contribution < 1.29 is 13.2 Å². The number of para-hydroxylation sites is 2. The molecule has 114 valence electrons. The topological polar surface area (TPSA) is 61.2 Å². The van der Waals surface area contributed by atoms with E-state index >= 15 is 0 Å². The Morgan fingerprint density at radius 3 is 2.59 bits per heavy atom. The number of benzene rings is 2. The maximum absolute atomic E-state index is 12.9. The molecular formula is C14H10Cl2N2O3S. The van der Waals surface area contributed by atoms with Gasteiger partial charge in [0.15, 0.2) is 5.75 Å². The zero-order valence-corrected chi connectivity index (χ0v) is 13.7. The lowest BCUT2D eigenvalue weighted by atomic mass is 10.3. The van der Waals surface area contributed by atoms with Crippen LogP contribution in [0, 0.1) is 0 Å². The number of hydrogen-bond donors (Lipinski definition) is 0. The van der Waals surface area contributed by atoms with Crippen LogP contribution in [0.15, 0.2) is 47.6 Å². The molecule has 0 amide bonds. The zero-order valence-electron chi connectivity index (χ0n) is 11.3. The largest absolute Gasteiger partial charge is 0.494 e. The number of ether oxygens (including phenoxy) is 1. The molecule has 8 heteroatoms. The van der Waals surface area contributed by atoms with E-state index in [1.54, 1.807) is 24.3 Å². The lowest BCUT2D eigenvalue weighted by Crippen LogP contribution is -2.13. The van der Waals surface area contributed by atoms with Gasteiger partial charge in [-0.2, -0.15) is 0 Å².